The third-order valence-electron chi connectivity index (χ3n) is 4.39. The largest absolute Gasteiger partial charge is 0.492 e. The van der Waals surface area contributed by atoms with E-state index in [9.17, 15) is 4.79 Å². The molecule has 0 saturated heterocycles. The summed E-state index contributed by atoms with van der Waals surface area (Å²) >= 11 is 0. The van der Waals surface area contributed by atoms with Crippen molar-refractivity contribution in [1.82, 2.24) is 0 Å². The first kappa shape index (κ1) is 16.2. The van der Waals surface area contributed by atoms with E-state index >= 15 is 0 Å². The Bertz CT molecular complexity index is 906. The average Bonchev–Trinajstić information content (AvgIpc) is 2.67. The van der Waals surface area contributed by atoms with Gasteiger partial charge < -0.3 is 14.8 Å². The first-order valence-electron chi connectivity index (χ1n) is 8.66. The number of ether oxygens (including phenoxy) is 2. The minimum absolute atomic E-state index is 0.111. The van der Waals surface area contributed by atoms with Crippen molar-refractivity contribution in [1.29, 1.82) is 0 Å². The number of rotatable bonds is 4. The Kier molecular flexibility index (Phi) is 4.32. The lowest BCUT2D eigenvalue weighted by molar-refractivity contribution is -0.116. The van der Waals surface area contributed by atoms with Gasteiger partial charge in [-0.1, -0.05) is 48.5 Å². The van der Waals surface area contributed by atoms with Crippen molar-refractivity contribution in [2.45, 2.75) is 12.8 Å². The highest BCUT2D eigenvalue weighted by Crippen LogP contribution is 2.44. The second-order valence-corrected chi connectivity index (χ2v) is 6.03. The number of benzene rings is 3. The van der Waals surface area contributed by atoms with Crippen molar-refractivity contribution in [2.75, 3.05) is 11.9 Å². The number of hydrogen-bond donors (Lipinski definition) is 1. The molecule has 4 nitrogen and oxygen atoms in total. The van der Waals surface area contributed by atoms with Crippen LogP contribution < -0.4 is 14.8 Å². The summed E-state index contributed by atoms with van der Waals surface area (Å²) in [6.07, 6.45) is 0. The highest BCUT2D eigenvalue weighted by Gasteiger charge is 2.32. The Hall–Kier alpha value is -3.27. The van der Waals surface area contributed by atoms with Gasteiger partial charge in [0.1, 0.15) is 17.2 Å². The molecule has 1 amide bonds. The molecular formula is C22H19NO3. The van der Waals surface area contributed by atoms with Crippen LogP contribution in [0.2, 0.25) is 0 Å². The molecular weight excluding hydrogens is 326 g/mol. The van der Waals surface area contributed by atoms with E-state index in [2.05, 4.69) is 5.32 Å². The molecule has 0 unspecified atom stereocenters. The van der Waals surface area contributed by atoms with Crippen molar-refractivity contribution in [2.24, 2.45) is 0 Å². The molecule has 4 heteroatoms. The lowest BCUT2D eigenvalue weighted by Crippen LogP contribution is -2.25. The number of para-hydroxylation sites is 4. The second kappa shape index (κ2) is 6.92. The van der Waals surface area contributed by atoms with E-state index in [1.807, 2.05) is 79.7 Å². The maximum atomic E-state index is 13.2. The van der Waals surface area contributed by atoms with Crippen LogP contribution in [-0.2, 0) is 4.79 Å². The van der Waals surface area contributed by atoms with Crippen molar-refractivity contribution in [3.63, 3.8) is 0 Å². The highest BCUT2D eigenvalue weighted by atomic mass is 16.5. The lowest BCUT2D eigenvalue weighted by atomic mass is 9.87. The molecule has 0 spiro atoms. The molecule has 0 atom stereocenters. The molecule has 1 aliphatic rings. The molecule has 0 aromatic heterocycles. The molecule has 3 aromatic carbocycles. The van der Waals surface area contributed by atoms with Gasteiger partial charge in [0.15, 0.2) is 0 Å². The summed E-state index contributed by atoms with van der Waals surface area (Å²) in [5, 5.41) is 3.03. The summed E-state index contributed by atoms with van der Waals surface area (Å²) in [7, 11) is 0. The highest BCUT2D eigenvalue weighted by molar-refractivity contribution is 6.00. The summed E-state index contributed by atoms with van der Waals surface area (Å²) in [5.41, 5.74) is 2.39. The quantitative estimate of drug-likeness (QED) is 0.727. The number of fused-ring (bicyclic) bond motifs is 2. The van der Waals surface area contributed by atoms with E-state index in [4.69, 9.17) is 9.47 Å². The van der Waals surface area contributed by atoms with Crippen LogP contribution in [0.25, 0.3) is 0 Å². The van der Waals surface area contributed by atoms with Crippen molar-refractivity contribution in [3.05, 3.63) is 83.9 Å². The molecule has 0 radical (unpaired) electrons. The van der Waals surface area contributed by atoms with E-state index in [1.165, 1.54) is 0 Å². The SMILES string of the molecule is CCOc1ccccc1NC(=O)C1c2ccccc2Oc2ccccc21. The summed E-state index contributed by atoms with van der Waals surface area (Å²) < 4.78 is 11.6. The smallest absolute Gasteiger partial charge is 0.236 e. The topological polar surface area (TPSA) is 47.6 Å². The summed E-state index contributed by atoms with van der Waals surface area (Å²) in [5.74, 6) is 1.54. The third kappa shape index (κ3) is 2.90. The fourth-order valence-corrected chi connectivity index (χ4v) is 3.25. The maximum absolute atomic E-state index is 13.2. The fourth-order valence-electron chi connectivity index (χ4n) is 3.25. The van der Waals surface area contributed by atoms with E-state index in [0.29, 0.717) is 29.5 Å². The van der Waals surface area contributed by atoms with E-state index in [-0.39, 0.29) is 5.91 Å². The van der Waals surface area contributed by atoms with E-state index in [0.717, 1.165) is 11.1 Å². The van der Waals surface area contributed by atoms with Gasteiger partial charge in [0.25, 0.3) is 0 Å². The van der Waals surface area contributed by atoms with Crippen LogP contribution in [0, 0.1) is 0 Å². The zero-order valence-corrected chi connectivity index (χ0v) is 14.4. The molecule has 3 aromatic rings. The van der Waals surface area contributed by atoms with Gasteiger partial charge in [-0.15, -0.1) is 0 Å². The Labute approximate surface area is 152 Å². The predicted molar refractivity (Wildman–Crippen MR) is 101 cm³/mol. The van der Waals surface area contributed by atoms with Crippen LogP contribution >= 0.6 is 0 Å². The van der Waals surface area contributed by atoms with Crippen LogP contribution in [0.5, 0.6) is 17.2 Å². The summed E-state index contributed by atoms with van der Waals surface area (Å²) in [6.45, 7) is 2.46. The predicted octanol–water partition coefficient (Wildman–Crippen LogP) is 4.96. The van der Waals surface area contributed by atoms with Gasteiger partial charge in [-0.2, -0.15) is 0 Å². The van der Waals surface area contributed by atoms with Gasteiger partial charge in [-0.05, 0) is 31.2 Å². The minimum atomic E-state index is -0.439. The number of carbonyl (C=O) groups is 1. The van der Waals surface area contributed by atoms with Gasteiger partial charge in [-0.25, -0.2) is 0 Å². The van der Waals surface area contributed by atoms with Crippen molar-refractivity contribution < 1.29 is 14.3 Å². The monoisotopic (exact) mass is 345 g/mol. The van der Waals surface area contributed by atoms with Gasteiger partial charge in [0.2, 0.25) is 5.91 Å². The number of amides is 1. The molecule has 0 fully saturated rings. The molecule has 130 valence electrons. The number of nitrogens with one attached hydrogen (secondary N) is 1. The molecule has 0 saturated carbocycles. The normalized spacial score (nSPS) is 12.5. The van der Waals surface area contributed by atoms with Gasteiger partial charge in [0, 0.05) is 11.1 Å². The number of hydrogen-bond acceptors (Lipinski definition) is 3. The minimum Gasteiger partial charge on any atom is -0.492 e. The molecule has 1 N–H and O–H groups in total. The summed E-state index contributed by atoms with van der Waals surface area (Å²) in [4.78, 5) is 13.2. The first-order chi connectivity index (χ1) is 12.8. The van der Waals surface area contributed by atoms with Crippen LogP contribution in [0.1, 0.15) is 24.0 Å². The molecule has 0 aliphatic carbocycles. The van der Waals surface area contributed by atoms with Crippen LogP contribution in [0.4, 0.5) is 5.69 Å². The average molecular weight is 345 g/mol. The Balaban J connectivity index is 1.73. The molecule has 0 bridgehead atoms. The molecule has 4 rings (SSSR count). The van der Waals surface area contributed by atoms with Gasteiger partial charge in [0.05, 0.1) is 18.2 Å². The van der Waals surface area contributed by atoms with Crippen LogP contribution in [0.3, 0.4) is 0 Å². The maximum Gasteiger partial charge on any atom is 0.236 e. The third-order valence-corrected chi connectivity index (χ3v) is 4.39. The van der Waals surface area contributed by atoms with Crippen molar-refractivity contribution in [3.8, 4) is 17.2 Å². The number of anilines is 1. The Morgan fingerprint density at radius 1 is 0.923 bits per heavy atom. The van der Waals surface area contributed by atoms with Crippen LogP contribution in [0.15, 0.2) is 72.8 Å². The zero-order chi connectivity index (χ0) is 17.9. The first-order valence-corrected chi connectivity index (χ1v) is 8.66. The molecule has 26 heavy (non-hydrogen) atoms. The Morgan fingerprint density at radius 3 is 2.15 bits per heavy atom. The number of carbonyl (C=O) groups excluding carboxylic acids is 1. The Morgan fingerprint density at radius 2 is 1.50 bits per heavy atom. The van der Waals surface area contributed by atoms with Gasteiger partial charge in [-0.3, -0.25) is 4.79 Å². The molecule has 1 aliphatic heterocycles. The zero-order valence-electron chi connectivity index (χ0n) is 14.4. The standard InChI is InChI=1S/C22H19NO3/c1-2-25-20-14-8-5-11-17(20)23-22(24)21-15-9-3-6-12-18(15)26-19-13-7-4-10-16(19)21/h3-14,21H,2H2,1H3,(H,23,24). The van der Waals surface area contributed by atoms with E-state index in [1.54, 1.807) is 0 Å². The fraction of sp³-hybridized carbons (Fsp3) is 0.136. The van der Waals surface area contributed by atoms with Crippen LogP contribution in [-0.4, -0.2) is 12.5 Å². The van der Waals surface area contributed by atoms with Gasteiger partial charge >= 0.3 is 0 Å². The summed E-state index contributed by atoms with van der Waals surface area (Å²) in [6, 6.07) is 22.8. The van der Waals surface area contributed by atoms with E-state index < -0.39 is 5.92 Å². The second-order valence-electron chi connectivity index (χ2n) is 6.03. The molecule has 1 heterocycles. The lowest BCUT2D eigenvalue weighted by Gasteiger charge is -2.27. The van der Waals surface area contributed by atoms with Crippen molar-refractivity contribution >= 4 is 11.6 Å².